The number of hydrogen-bond donors (Lipinski definition) is 1. The van der Waals surface area contributed by atoms with Crippen molar-refractivity contribution in [3.8, 4) is 0 Å². The third kappa shape index (κ3) is 4.04. The molecule has 1 saturated heterocycles. The molecule has 0 bridgehead atoms. The van der Waals surface area contributed by atoms with Crippen LogP contribution in [0.15, 0.2) is 24.3 Å². The van der Waals surface area contributed by atoms with Gasteiger partial charge in [0.05, 0.1) is 0 Å². The number of benzene rings is 1. The fourth-order valence-electron chi connectivity index (χ4n) is 2.57. The summed E-state index contributed by atoms with van der Waals surface area (Å²) >= 11 is 0. The van der Waals surface area contributed by atoms with E-state index in [0.29, 0.717) is 18.2 Å². The summed E-state index contributed by atoms with van der Waals surface area (Å²) in [5.41, 5.74) is 0.379. The minimum absolute atomic E-state index is 0.207. The predicted octanol–water partition coefficient (Wildman–Crippen LogP) is 2.68. The van der Waals surface area contributed by atoms with Gasteiger partial charge in [-0.2, -0.15) is 0 Å². The van der Waals surface area contributed by atoms with Crippen molar-refractivity contribution in [3.05, 3.63) is 35.6 Å². The minimum atomic E-state index is -0.379. The van der Waals surface area contributed by atoms with Crippen molar-refractivity contribution >= 4 is 5.91 Å². The van der Waals surface area contributed by atoms with Crippen molar-refractivity contribution in [2.24, 2.45) is 5.92 Å². The molecule has 20 heavy (non-hydrogen) atoms. The molecule has 110 valence electrons. The molecule has 0 spiro atoms. The van der Waals surface area contributed by atoms with Crippen LogP contribution in [-0.2, 0) is 0 Å². The lowest BCUT2D eigenvalue weighted by Crippen LogP contribution is -2.45. The second-order valence-electron chi connectivity index (χ2n) is 5.79. The summed E-state index contributed by atoms with van der Waals surface area (Å²) in [5.74, 6) is 0.220. The highest BCUT2D eigenvalue weighted by Crippen LogP contribution is 2.17. The third-order valence-corrected chi connectivity index (χ3v) is 4.09. The number of carbonyl (C=O) groups is 1. The van der Waals surface area contributed by atoms with E-state index >= 15 is 0 Å². The number of hydrogen-bond acceptors (Lipinski definition) is 2. The normalized spacial score (nSPS) is 18.8. The van der Waals surface area contributed by atoms with Gasteiger partial charge in [-0.15, -0.1) is 0 Å². The molecule has 0 saturated carbocycles. The number of nitrogens with one attached hydrogen (secondary N) is 1. The second-order valence-corrected chi connectivity index (χ2v) is 5.79. The molecule has 1 amide bonds. The molecule has 1 N–H and O–H groups in total. The van der Waals surface area contributed by atoms with Crippen LogP contribution in [0.2, 0.25) is 0 Å². The van der Waals surface area contributed by atoms with Crippen LogP contribution in [0.25, 0.3) is 0 Å². The van der Waals surface area contributed by atoms with Crippen LogP contribution < -0.4 is 5.32 Å². The highest BCUT2D eigenvalue weighted by molar-refractivity contribution is 5.94. The molecule has 4 heteroatoms. The van der Waals surface area contributed by atoms with Crippen molar-refractivity contribution in [2.75, 3.05) is 19.6 Å². The van der Waals surface area contributed by atoms with E-state index in [1.165, 1.54) is 25.0 Å². The monoisotopic (exact) mass is 278 g/mol. The van der Waals surface area contributed by atoms with Crippen molar-refractivity contribution in [1.82, 2.24) is 10.2 Å². The summed E-state index contributed by atoms with van der Waals surface area (Å²) in [7, 11) is 0. The first-order valence-corrected chi connectivity index (χ1v) is 7.34. The molecule has 3 nitrogen and oxygen atoms in total. The molecule has 1 atom stereocenters. The molecule has 1 aliphatic rings. The topological polar surface area (TPSA) is 32.3 Å². The van der Waals surface area contributed by atoms with Crippen LogP contribution in [0.3, 0.4) is 0 Å². The number of rotatable bonds is 4. The van der Waals surface area contributed by atoms with E-state index < -0.39 is 0 Å². The maximum atomic E-state index is 13.1. The average molecular weight is 278 g/mol. The SMILES string of the molecule is CC1CCN(C(C)CNC(=O)c2cccc(F)c2)CC1. The van der Waals surface area contributed by atoms with E-state index in [2.05, 4.69) is 24.1 Å². The summed E-state index contributed by atoms with van der Waals surface area (Å²) in [5, 5.41) is 2.89. The zero-order valence-corrected chi connectivity index (χ0v) is 12.2. The smallest absolute Gasteiger partial charge is 0.251 e. The van der Waals surface area contributed by atoms with Gasteiger partial charge in [-0.05, 0) is 57.0 Å². The van der Waals surface area contributed by atoms with Crippen LogP contribution in [-0.4, -0.2) is 36.5 Å². The molecule has 1 unspecified atom stereocenters. The van der Waals surface area contributed by atoms with Crippen LogP contribution >= 0.6 is 0 Å². The minimum Gasteiger partial charge on any atom is -0.350 e. The Morgan fingerprint density at radius 3 is 2.80 bits per heavy atom. The summed E-state index contributed by atoms with van der Waals surface area (Å²) < 4.78 is 13.1. The second kappa shape index (κ2) is 6.84. The molecular weight excluding hydrogens is 255 g/mol. The number of nitrogens with zero attached hydrogens (tertiary/aromatic N) is 1. The Kier molecular flexibility index (Phi) is 5.12. The first-order valence-electron chi connectivity index (χ1n) is 7.34. The van der Waals surface area contributed by atoms with Crippen molar-refractivity contribution in [1.29, 1.82) is 0 Å². The van der Waals surface area contributed by atoms with Gasteiger partial charge in [0, 0.05) is 18.2 Å². The van der Waals surface area contributed by atoms with Crippen molar-refractivity contribution < 1.29 is 9.18 Å². The van der Waals surface area contributed by atoms with E-state index in [0.717, 1.165) is 19.0 Å². The van der Waals surface area contributed by atoms with Gasteiger partial charge in [-0.1, -0.05) is 13.0 Å². The summed E-state index contributed by atoms with van der Waals surface area (Å²) in [4.78, 5) is 14.3. The molecule has 0 aromatic heterocycles. The lowest BCUT2D eigenvalue weighted by molar-refractivity contribution is 0.0921. The maximum absolute atomic E-state index is 13.1. The number of piperidine rings is 1. The predicted molar refractivity (Wildman–Crippen MR) is 78.2 cm³/mol. The Balaban J connectivity index is 1.81. The van der Waals surface area contributed by atoms with Gasteiger partial charge in [-0.25, -0.2) is 4.39 Å². The highest BCUT2D eigenvalue weighted by atomic mass is 19.1. The number of halogens is 1. The Labute approximate surface area is 120 Å². The number of carbonyl (C=O) groups excluding carboxylic acids is 1. The lowest BCUT2D eigenvalue weighted by Gasteiger charge is -2.35. The fourth-order valence-corrected chi connectivity index (χ4v) is 2.57. The zero-order chi connectivity index (χ0) is 14.5. The number of likely N-dealkylation sites (tertiary alicyclic amines) is 1. The molecule has 1 aliphatic heterocycles. The average Bonchev–Trinajstić information content (AvgIpc) is 2.45. The quantitative estimate of drug-likeness (QED) is 0.918. The van der Waals surface area contributed by atoms with E-state index in [1.54, 1.807) is 12.1 Å². The summed E-state index contributed by atoms with van der Waals surface area (Å²) in [6, 6.07) is 6.11. The first kappa shape index (κ1) is 15.0. The third-order valence-electron chi connectivity index (χ3n) is 4.09. The maximum Gasteiger partial charge on any atom is 0.251 e. The van der Waals surface area contributed by atoms with Crippen molar-refractivity contribution in [3.63, 3.8) is 0 Å². The molecule has 1 fully saturated rings. The molecule has 0 radical (unpaired) electrons. The standard InChI is InChI=1S/C16H23FN2O/c1-12-6-8-19(9-7-12)13(2)11-18-16(20)14-4-3-5-15(17)10-14/h3-5,10,12-13H,6-9,11H2,1-2H3,(H,18,20). The Hall–Kier alpha value is -1.42. The molecule has 1 aromatic rings. The van der Waals surface area contributed by atoms with E-state index in [9.17, 15) is 9.18 Å². The largest absolute Gasteiger partial charge is 0.350 e. The van der Waals surface area contributed by atoms with Gasteiger partial charge in [-0.3, -0.25) is 9.69 Å². The Bertz CT molecular complexity index is 456. The number of amides is 1. The van der Waals surface area contributed by atoms with Crippen LogP contribution in [0.5, 0.6) is 0 Å². The molecule has 1 aromatic carbocycles. The van der Waals surface area contributed by atoms with Gasteiger partial charge < -0.3 is 5.32 Å². The van der Waals surface area contributed by atoms with Crippen LogP contribution in [0.1, 0.15) is 37.0 Å². The zero-order valence-electron chi connectivity index (χ0n) is 12.2. The first-order chi connectivity index (χ1) is 9.56. The van der Waals surface area contributed by atoms with Gasteiger partial charge in [0.25, 0.3) is 5.91 Å². The van der Waals surface area contributed by atoms with Gasteiger partial charge >= 0.3 is 0 Å². The Morgan fingerprint density at radius 1 is 1.45 bits per heavy atom. The summed E-state index contributed by atoms with van der Waals surface area (Å²) in [6.45, 7) is 7.20. The molecule has 2 rings (SSSR count). The molecule has 0 aliphatic carbocycles. The van der Waals surface area contributed by atoms with Gasteiger partial charge in [0.15, 0.2) is 0 Å². The van der Waals surface area contributed by atoms with E-state index in [-0.39, 0.29) is 11.7 Å². The van der Waals surface area contributed by atoms with Crippen LogP contribution in [0.4, 0.5) is 4.39 Å². The lowest BCUT2D eigenvalue weighted by atomic mass is 9.98. The van der Waals surface area contributed by atoms with E-state index in [4.69, 9.17) is 0 Å². The van der Waals surface area contributed by atoms with Gasteiger partial charge in [0.2, 0.25) is 0 Å². The molecule has 1 heterocycles. The van der Waals surface area contributed by atoms with Crippen LogP contribution in [0, 0.1) is 11.7 Å². The van der Waals surface area contributed by atoms with Crippen molar-refractivity contribution in [2.45, 2.75) is 32.7 Å². The van der Waals surface area contributed by atoms with E-state index in [1.807, 2.05) is 0 Å². The molecular formula is C16H23FN2O. The highest BCUT2D eigenvalue weighted by Gasteiger charge is 2.20. The van der Waals surface area contributed by atoms with Gasteiger partial charge in [0.1, 0.15) is 5.82 Å². The fraction of sp³-hybridized carbons (Fsp3) is 0.562. The Morgan fingerprint density at radius 2 is 2.15 bits per heavy atom. The summed E-state index contributed by atoms with van der Waals surface area (Å²) in [6.07, 6.45) is 2.45.